The molecule has 78 valence electrons. The van der Waals surface area contributed by atoms with Crippen LogP contribution >= 0.6 is 0 Å². The van der Waals surface area contributed by atoms with Gasteiger partial charge in [0, 0.05) is 0 Å². The zero-order chi connectivity index (χ0) is 10.7. The van der Waals surface area contributed by atoms with E-state index in [4.69, 9.17) is 5.11 Å². The molecule has 0 aromatic heterocycles. The number of hydrogen-bond acceptors (Lipinski definition) is 4. The first-order chi connectivity index (χ1) is 6.37. The highest BCUT2D eigenvalue weighted by atomic mass is 32.2. The summed E-state index contributed by atoms with van der Waals surface area (Å²) in [7, 11) is -3.47. The van der Waals surface area contributed by atoms with Gasteiger partial charge in [0.1, 0.15) is 11.4 Å². The van der Waals surface area contributed by atoms with Crippen molar-refractivity contribution in [1.82, 2.24) is 4.90 Å². The zero-order valence-corrected chi connectivity index (χ0v) is 8.19. The Balaban J connectivity index is 2.46. The minimum Gasteiger partial charge on any atom is -0.480 e. The summed E-state index contributed by atoms with van der Waals surface area (Å²) in [6.45, 7) is 1.33. The number of carboxylic acid groups (broad SMARTS) is 1. The molecule has 2 fully saturated rings. The molecule has 3 unspecified atom stereocenters. The molecule has 2 aliphatic heterocycles. The Morgan fingerprint density at radius 2 is 2.14 bits per heavy atom. The number of carboxylic acids is 1. The molecule has 0 aliphatic carbocycles. The molecule has 2 saturated heterocycles. The van der Waals surface area contributed by atoms with E-state index in [-0.39, 0.29) is 6.42 Å². The van der Waals surface area contributed by atoms with Gasteiger partial charge in [-0.3, -0.25) is 4.79 Å². The zero-order valence-electron chi connectivity index (χ0n) is 7.37. The van der Waals surface area contributed by atoms with Gasteiger partial charge in [-0.2, -0.15) is 0 Å². The van der Waals surface area contributed by atoms with Crippen LogP contribution in [0.5, 0.6) is 0 Å². The molecule has 1 amide bonds. The molecular formula is C7H9NO5S. The fraction of sp³-hybridized carbons (Fsp3) is 0.714. The molecule has 0 radical (unpaired) electrons. The Labute approximate surface area is 80.4 Å². The molecule has 0 spiro atoms. The van der Waals surface area contributed by atoms with Crippen molar-refractivity contribution in [1.29, 1.82) is 0 Å². The largest absolute Gasteiger partial charge is 0.480 e. The van der Waals surface area contributed by atoms with E-state index in [9.17, 15) is 18.0 Å². The van der Waals surface area contributed by atoms with Crippen LogP contribution in [0.1, 0.15) is 13.3 Å². The van der Waals surface area contributed by atoms with Crippen molar-refractivity contribution in [2.75, 3.05) is 0 Å². The number of carbonyl (C=O) groups is 2. The minimum atomic E-state index is -3.47. The fourth-order valence-electron chi connectivity index (χ4n) is 1.98. The third kappa shape index (κ3) is 0.875. The highest BCUT2D eigenvalue weighted by Crippen LogP contribution is 2.39. The summed E-state index contributed by atoms with van der Waals surface area (Å²) in [6.07, 6.45) is -0.0730. The molecule has 0 saturated carbocycles. The number of amides is 1. The fourth-order valence-corrected chi connectivity index (χ4v) is 4.03. The smallest absolute Gasteiger partial charge is 0.327 e. The summed E-state index contributed by atoms with van der Waals surface area (Å²) < 4.78 is 23.1. The monoisotopic (exact) mass is 219 g/mol. The quantitative estimate of drug-likeness (QED) is 0.560. The van der Waals surface area contributed by atoms with Crippen LogP contribution in [-0.2, 0) is 19.4 Å². The number of nitrogens with zero attached hydrogens (tertiary/aromatic N) is 1. The number of hydrogen-bond donors (Lipinski definition) is 1. The van der Waals surface area contributed by atoms with Crippen LogP contribution in [0, 0.1) is 0 Å². The molecule has 0 bridgehead atoms. The summed E-state index contributed by atoms with van der Waals surface area (Å²) in [5, 5.41) is 6.90. The molecule has 14 heavy (non-hydrogen) atoms. The van der Waals surface area contributed by atoms with Gasteiger partial charge in [0.05, 0.1) is 11.7 Å². The van der Waals surface area contributed by atoms with Crippen LogP contribution in [0.3, 0.4) is 0 Å². The van der Waals surface area contributed by atoms with Crippen molar-refractivity contribution in [2.24, 2.45) is 0 Å². The van der Waals surface area contributed by atoms with Gasteiger partial charge in [-0.05, 0) is 6.92 Å². The van der Waals surface area contributed by atoms with E-state index >= 15 is 0 Å². The molecule has 2 heterocycles. The molecule has 0 aromatic rings. The summed E-state index contributed by atoms with van der Waals surface area (Å²) in [5.41, 5.74) is 0. The van der Waals surface area contributed by atoms with Crippen LogP contribution in [0.15, 0.2) is 0 Å². The van der Waals surface area contributed by atoms with E-state index in [0.717, 1.165) is 4.90 Å². The summed E-state index contributed by atoms with van der Waals surface area (Å²) >= 11 is 0. The molecule has 2 rings (SSSR count). The Bertz CT molecular complexity index is 414. The third-order valence-corrected chi connectivity index (χ3v) is 5.29. The number of β-lactam (4-membered cyclic amide) rings is 1. The van der Waals surface area contributed by atoms with Crippen molar-refractivity contribution in [3.05, 3.63) is 0 Å². The maximum atomic E-state index is 11.6. The lowest BCUT2D eigenvalue weighted by Gasteiger charge is -2.34. The van der Waals surface area contributed by atoms with Gasteiger partial charge >= 0.3 is 5.97 Å². The summed E-state index contributed by atoms with van der Waals surface area (Å²) in [5.74, 6) is -1.65. The Morgan fingerprint density at radius 1 is 1.57 bits per heavy atom. The average molecular weight is 219 g/mol. The third-order valence-electron chi connectivity index (χ3n) is 2.84. The number of aliphatic carboxylic acids is 1. The Kier molecular flexibility index (Phi) is 1.67. The van der Waals surface area contributed by atoms with Crippen molar-refractivity contribution in [3.8, 4) is 0 Å². The van der Waals surface area contributed by atoms with E-state index in [1.54, 1.807) is 0 Å². The standard InChI is InChI=1S/C7H9NO5S/c1-3-6(7(10)11)8-4(9)2-5(8)14(3,12)13/h3,5-6H,2H2,1H3,(H,10,11). The van der Waals surface area contributed by atoms with Crippen LogP contribution in [0.25, 0.3) is 0 Å². The van der Waals surface area contributed by atoms with Crippen LogP contribution in [0.2, 0.25) is 0 Å². The molecule has 1 N–H and O–H groups in total. The van der Waals surface area contributed by atoms with E-state index in [1.807, 2.05) is 0 Å². The first kappa shape index (κ1) is 9.45. The van der Waals surface area contributed by atoms with Gasteiger partial charge in [0.2, 0.25) is 5.91 Å². The normalized spacial score (nSPS) is 39.1. The lowest BCUT2D eigenvalue weighted by Crippen LogP contribution is -2.56. The maximum Gasteiger partial charge on any atom is 0.327 e. The van der Waals surface area contributed by atoms with Gasteiger partial charge in [-0.25, -0.2) is 13.2 Å². The number of fused-ring (bicyclic) bond motifs is 1. The number of carbonyl (C=O) groups excluding carboxylic acids is 1. The molecular weight excluding hydrogens is 210 g/mol. The van der Waals surface area contributed by atoms with Crippen molar-refractivity contribution < 1.29 is 23.1 Å². The molecule has 7 heteroatoms. The van der Waals surface area contributed by atoms with Gasteiger partial charge in [0.25, 0.3) is 0 Å². The SMILES string of the molecule is CC1C(C(=O)O)N2C(=O)CC2S1(=O)=O. The Hall–Kier alpha value is -1.11. The lowest BCUT2D eigenvalue weighted by molar-refractivity contribution is -0.156. The second-order valence-corrected chi connectivity index (χ2v) is 6.00. The van der Waals surface area contributed by atoms with E-state index in [0.29, 0.717) is 0 Å². The van der Waals surface area contributed by atoms with E-state index in [1.165, 1.54) is 6.92 Å². The topological polar surface area (TPSA) is 91.8 Å². The average Bonchev–Trinajstić information content (AvgIpc) is 2.21. The van der Waals surface area contributed by atoms with Crippen molar-refractivity contribution in [2.45, 2.75) is 30.0 Å². The second kappa shape index (κ2) is 2.47. The molecule has 0 aromatic carbocycles. The van der Waals surface area contributed by atoms with Crippen molar-refractivity contribution >= 4 is 21.7 Å². The molecule has 6 nitrogen and oxygen atoms in total. The first-order valence-corrected chi connectivity index (χ1v) is 5.75. The second-order valence-electron chi connectivity index (χ2n) is 3.54. The van der Waals surface area contributed by atoms with E-state index in [2.05, 4.69) is 0 Å². The lowest BCUT2D eigenvalue weighted by atomic mass is 10.1. The Morgan fingerprint density at radius 3 is 2.50 bits per heavy atom. The summed E-state index contributed by atoms with van der Waals surface area (Å²) in [4.78, 5) is 22.8. The number of sulfone groups is 1. The number of rotatable bonds is 1. The first-order valence-electron chi connectivity index (χ1n) is 4.14. The highest BCUT2D eigenvalue weighted by Gasteiger charge is 2.61. The predicted molar refractivity (Wildman–Crippen MR) is 45.1 cm³/mol. The predicted octanol–water partition coefficient (Wildman–Crippen LogP) is -1.19. The molecule has 3 atom stereocenters. The maximum absolute atomic E-state index is 11.6. The minimum absolute atomic E-state index is 0.0730. The highest BCUT2D eigenvalue weighted by molar-refractivity contribution is 7.93. The summed E-state index contributed by atoms with van der Waals surface area (Å²) in [6, 6.07) is -1.20. The van der Waals surface area contributed by atoms with Gasteiger partial charge < -0.3 is 10.0 Å². The van der Waals surface area contributed by atoms with Gasteiger partial charge in [-0.1, -0.05) is 0 Å². The van der Waals surface area contributed by atoms with Crippen molar-refractivity contribution in [3.63, 3.8) is 0 Å². The van der Waals surface area contributed by atoms with E-state index < -0.39 is 38.4 Å². The molecule has 2 aliphatic rings. The van der Waals surface area contributed by atoms with Gasteiger partial charge in [-0.15, -0.1) is 0 Å². The van der Waals surface area contributed by atoms with Crippen LogP contribution in [-0.4, -0.2) is 47.0 Å². The van der Waals surface area contributed by atoms with Crippen LogP contribution in [0.4, 0.5) is 0 Å². The van der Waals surface area contributed by atoms with Gasteiger partial charge in [0.15, 0.2) is 9.84 Å². The van der Waals surface area contributed by atoms with Crippen LogP contribution < -0.4 is 0 Å².